The van der Waals surface area contributed by atoms with Crippen molar-refractivity contribution in [2.24, 2.45) is 0 Å². The molecule has 0 fully saturated rings. The summed E-state index contributed by atoms with van der Waals surface area (Å²) in [4.78, 5) is 14.8. The summed E-state index contributed by atoms with van der Waals surface area (Å²) in [6.45, 7) is 3.44. The molecule has 8 nitrogen and oxygen atoms in total. The fraction of sp³-hybridized carbons (Fsp3) is 0.147. The Kier molecular flexibility index (Phi) is 7.80. The third-order valence-corrected chi connectivity index (χ3v) is 12.1. The first kappa shape index (κ1) is 30.6. The van der Waals surface area contributed by atoms with Gasteiger partial charge in [0.25, 0.3) is 0 Å². The molecule has 0 saturated heterocycles. The van der Waals surface area contributed by atoms with Crippen LogP contribution in [-0.2, 0) is 24.4 Å². The van der Waals surface area contributed by atoms with E-state index in [1.807, 2.05) is 54.6 Å². The lowest BCUT2D eigenvalue weighted by Crippen LogP contribution is -2.28. The molecule has 0 aliphatic carbocycles. The number of nitrogens with zero attached hydrogens (tertiary/aromatic N) is 3. The molecule has 6 rings (SSSR count). The van der Waals surface area contributed by atoms with Crippen molar-refractivity contribution in [3.05, 3.63) is 109 Å². The van der Waals surface area contributed by atoms with Crippen LogP contribution >= 0.6 is 11.3 Å². The van der Waals surface area contributed by atoms with Gasteiger partial charge in [0.15, 0.2) is 24.8 Å². The van der Waals surface area contributed by atoms with Gasteiger partial charge in [0.2, 0.25) is 0 Å². The minimum atomic E-state index is -3.42. The summed E-state index contributed by atoms with van der Waals surface area (Å²) in [6.07, 6.45) is 7.57. The van der Waals surface area contributed by atoms with Gasteiger partial charge >= 0.3 is 0 Å². The molecule has 0 unspecified atom stereocenters. The maximum atomic E-state index is 12.8. The highest BCUT2D eigenvalue weighted by Gasteiger charge is 2.33. The zero-order valence-corrected chi connectivity index (χ0v) is 27.5. The summed E-state index contributed by atoms with van der Waals surface area (Å²) < 4.78 is 48.7. The molecule has 1 N–H and O–H groups in total. The van der Waals surface area contributed by atoms with Gasteiger partial charge in [-0.3, -0.25) is 9.97 Å². The van der Waals surface area contributed by atoms with Crippen LogP contribution in [0.2, 0.25) is 0 Å². The van der Waals surface area contributed by atoms with E-state index in [0.717, 1.165) is 43.7 Å². The molecule has 3 aromatic heterocycles. The van der Waals surface area contributed by atoms with Crippen LogP contribution in [0.25, 0.3) is 43.7 Å². The third kappa shape index (κ3) is 6.11. The Morgan fingerprint density at radius 2 is 1.47 bits per heavy atom. The summed E-state index contributed by atoms with van der Waals surface area (Å²) in [5, 5.41) is 4.86. The number of aromatic nitrogens is 3. The van der Waals surface area contributed by atoms with Gasteiger partial charge < -0.3 is 5.32 Å². The van der Waals surface area contributed by atoms with Crippen LogP contribution in [0, 0.1) is 0 Å². The monoisotopic (exact) mass is 654 g/mol. The average molecular weight is 655 g/mol. The number of sulfone groups is 2. The van der Waals surface area contributed by atoms with Crippen molar-refractivity contribution >= 4 is 52.7 Å². The van der Waals surface area contributed by atoms with E-state index >= 15 is 0 Å². The summed E-state index contributed by atoms with van der Waals surface area (Å²) >= 11 is 1.47. The lowest BCUT2D eigenvalue weighted by Gasteiger charge is -2.24. The number of hydrogen-bond donors (Lipinski definition) is 1. The highest BCUT2D eigenvalue weighted by molar-refractivity contribution is 7.91. The molecule has 6 aromatic rings. The second kappa shape index (κ2) is 11.5. The van der Waals surface area contributed by atoms with E-state index in [4.69, 9.17) is 4.98 Å². The molecular formula is C34H30N4O4S3. The number of pyridine rings is 2. The Hall–Kier alpha value is -4.45. The minimum absolute atomic E-state index is 0.233. The third-order valence-electron chi connectivity index (χ3n) is 7.88. The SMILES string of the molecule is CC(C)(c1cc(-c2cccc(-c3sc(Nc4ccncc4)nc3-c3ccc(S(C)(=O)=O)cc3)c2)c2ncccc2c1)S(C)(=O)=O. The fourth-order valence-corrected chi connectivity index (χ4v) is 7.17. The van der Waals surface area contributed by atoms with Crippen LogP contribution < -0.4 is 5.32 Å². The Morgan fingerprint density at radius 1 is 0.756 bits per heavy atom. The summed E-state index contributed by atoms with van der Waals surface area (Å²) in [6, 6.07) is 26.0. The van der Waals surface area contributed by atoms with Crippen LogP contribution in [0.15, 0.2) is 108 Å². The van der Waals surface area contributed by atoms with Crippen molar-refractivity contribution < 1.29 is 16.8 Å². The first-order chi connectivity index (χ1) is 21.3. The first-order valence-corrected chi connectivity index (χ1v) is 18.6. The van der Waals surface area contributed by atoms with Gasteiger partial charge in [-0.15, -0.1) is 0 Å². The molecule has 3 aromatic carbocycles. The highest BCUT2D eigenvalue weighted by Crippen LogP contribution is 2.42. The van der Waals surface area contributed by atoms with Crippen LogP contribution in [0.4, 0.5) is 10.8 Å². The Morgan fingerprint density at radius 3 is 2.16 bits per heavy atom. The molecule has 0 bridgehead atoms. The zero-order chi connectivity index (χ0) is 32.0. The second-order valence-electron chi connectivity index (χ2n) is 11.3. The number of benzene rings is 3. The van der Waals surface area contributed by atoms with Crippen molar-refractivity contribution in [3.63, 3.8) is 0 Å². The lowest BCUT2D eigenvalue weighted by molar-refractivity contribution is 0.561. The van der Waals surface area contributed by atoms with E-state index in [2.05, 4.69) is 21.4 Å². The number of thiazole rings is 1. The van der Waals surface area contributed by atoms with E-state index in [1.165, 1.54) is 23.8 Å². The minimum Gasteiger partial charge on any atom is -0.331 e. The molecule has 228 valence electrons. The van der Waals surface area contributed by atoms with Gasteiger partial charge in [0.05, 0.1) is 25.7 Å². The van der Waals surface area contributed by atoms with Gasteiger partial charge in [0, 0.05) is 53.3 Å². The molecular weight excluding hydrogens is 625 g/mol. The van der Waals surface area contributed by atoms with E-state index in [-0.39, 0.29) is 4.90 Å². The number of anilines is 2. The van der Waals surface area contributed by atoms with Crippen LogP contribution in [0.5, 0.6) is 0 Å². The van der Waals surface area contributed by atoms with Crippen LogP contribution in [-0.4, -0.2) is 44.3 Å². The van der Waals surface area contributed by atoms with E-state index in [9.17, 15) is 16.8 Å². The normalized spacial score (nSPS) is 12.4. The molecule has 0 spiro atoms. The number of hydrogen-bond acceptors (Lipinski definition) is 9. The van der Waals surface area contributed by atoms with Crippen molar-refractivity contribution in [2.45, 2.75) is 23.5 Å². The molecule has 3 heterocycles. The Bertz CT molecular complexity index is 2260. The van der Waals surface area contributed by atoms with Gasteiger partial charge in [0.1, 0.15) is 0 Å². The standard InChI is InChI=1S/C34H30N4O4S3/c1-34(2,45(4,41)42)26-20-24-9-6-16-36-30(24)29(21-26)23-7-5-8-25(19-23)32-31(22-10-12-28(13-11-22)44(3,39)40)38-33(43-32)37-27-14-17-35-18-15-27/h5-21H,1-4H3,(H,35,37,38). The van der Waals surface area contributed by atoms with Crippen molar-refractivity contribution in [3.8, 4) is 32.8 Å². The fourth-order valence-electron chi connectivity index (χ4n) is 4.99. The summed E-state index contributed by atoms with van der Waals surface area (Å²) in [5.74, 6) is 0. The number of fused-ring (bicyclic) bond motifs is 1. The maximum Gasteiger partial charge on any atom is 0.188 e. The predicted molar refractivity (Wildman–Crippen MR) is 182 cm³/mol. The van der Waals surface area contributed by atoms with Crippen molar-refractivity contribution in [1.82, 2.24) is 15.0 Å². The van der Waals surface area contributed by atoms with E-state index in [0.29, 0.717) is 16.4 Å². The van der Waals surface area contributed by atoms with Gasteiger partial charge in [-0.25, -0.2) is 21.8 Å². The predicted octanol–water partition coefficient (Wildman–Crippen LogP) is 7.51. The van der Waals surface area contributed by atoms with Gasteiger partial charge in [-0.1, -0.05) is 47.7 Å². The molecule has 0 aliphatic rings. The van der Waals surface area contributed by atoms with Crippen molar-refractivity contribution in [1.29, 1.82) is 0 Å². The number of nitrogens with one attached hydrogen (secondary N) is 1. The molecule has 0 atom stereocenters. The zero-order valence-electron chi connectivity index (χ0n) is 25.0. The first-order valence-electron chi connectivity index (χ1n) is 14.0. The van der Waals surface area contributed by atoms with Gasteiger partial charge in [-0.05, 0) is 79.1 Å². The van der Waals surface area contributed by atoms with E-state index in [1.54, 1.807) is 56.7 Å². The van der Waals surface area contributed by atoms with Crippen LogP contribution in [0.3, 0.4) is 0 Å². The topological polar surface area (TPSA) is 119 Å². The number of rotatable bonds is 8. The Balaban J connectivity index is 1.52. The molecule has 0 saturated carbocycles. The average Bonchev–Trinajstić information content (AvgIpc) is 3.44. The van der Waals surface area contributed by atoms with Crippen LogP contribution in [0.1, 0.15) is 19.4 Å². The highest BCUT2D eigenvalue weighted by atomic mass is 32.2. The summed E-state index contributed by atoms with van der Waals surface area (Å²) in [7, 11) is -6.78. The molecule has 11 heteroatoms. The molecule has 0 radical (unpaired) electrons. The molecule has 0 amide bonds. The Labute approximate surface area is 266 Å². The largest absolute Gasteiger partial charge is 0.331 e. The van der Waals surface area contributed by atoms with Crippen molar-refractivity contribution in [2.75, 3.05) is 17.8 Å². The smallest absolute Gasteiger partial charge is 0.188 e. The van der Waals surface area contributed by atoms with Gasteiger partial charge in [-0.2, -0.15) is 0 Å². The van der Waals surface area contributed by atoms with E-state index < -0.39 is 24.4 Å². The summed E-state index contributed by atoms with van der Waals surface area (Å²) in [5.41, 5.74) is 6.34. The molecule has 45 heavy (non-hydrogen) atoms. The maximum absolute atomic E-state index is 12.8. The molecule has 0 aliphatic heterocycles. The quantitative estimate of drug-likeness (QED) is 0.179. The lowest BCUT2D eigenvalue weighted by atomic mass is 9.92. The second-order valence-corrected chi connectivity index (χ2v) is 16.9.